The first-order chi connectivity index (χ1) is 55.2. The molecule has 0 saturated heterocycles. The third-order valence-corrected chi connectivity index (χ3v) is 16.2. The van der Waals surface area contributed by atoms with Crippen LogP contribution in [0.2, 0.25) is 0 Å². The number of Topliss-reactive ketones (excluding diaryl/α,β-unsaturated/α-hetero) is 1. The number of nitrogens with one attached hydrogen (secondary N) is 7. The Hall–Kier alpha value is -11.4. The second kappa shape index (κ2) is 51.1. The number of rotatable bonds is 21. The van der Waals surface area contributed by atoms with Crippen molar-refractivity contribution in [3.05, 3.63) is 244 Å². The third kappa shape index (κ3) is 51.5. The van der Waals surface area contributed by atoms with Crippen LogP contribution in [0.1, 0.15) is 259 Å². The lowest BCUT2D eigenvalue weighted by Gasteiger charge is -2.19. The Morgan fingerprint density at radius 2 is 0.857 bits per heavy atom. The summed E-state index contributed by atoms with van der Waals surface area (Å²) in [6, 6.07) is 49.5. The van der Waals surface area contributed by atoms with Crippen LogP contribution in [0.4, 0.5) is 33.2 Å². The van der Waals surface area contributed by atoms with Crippen molar-refractivity contribution >= 4 is 81.1 Å². The number of ketones is 1. The number of nitro benzene ring substituents is 1. The summed E-state index contributed by atoms with van der Waals surface area (Å²) in [5.74, 6) is -0.188. The molecule has 7 N–H and O–H groups in total. The fourth-order valence-corrected chi connectivity index (χ4v) is 9.81. The van der Waals surface area contributed by atoms with Crippen LogP contribution in [-0.2, 0) is 31.0 Å². The van der Waals surface area contributed by atoms with Gasteiger partial charge in [0, 0.05) is 116 Å². The number of halogens is 1. The first-order valence-corrected chi connectivity index (χ1v) is 40.5. The number of nitro groups is 1. The Balaban J connectivity index is 0.000000463. The zero-order valence-electron chi connectivity index (χ0n) is 75.3. The molecule has 0 radical (unpaired) electrons. The molecule has 646 valence electrons. The van der Waals surface area contributed by atoms with Crippen molar-refractivity contribution in [3.8, 4) is 0 Å². The predicted octanol–water partition coefficient (Wildman–Crippen LogP) is 22.2. The minimum atomic E-state index is -0.444. The highest BCUT2D eigenvalue weighted by Gasteiger charge is 2.20. The van der Waals surface area contributed by atoms with Gasteiger partial charge in [0.15, 0.2) is 5.58 Å². The van der Waals surface area contributed by atoms with E-state index in [1.54, 1.807) is 60.9 Å². The van der Waals surface area contributed by atoms with Crippen LogP contribution in [0.5, 0.6) is 0 Å². The number of carbonyl (C=O) groups is 7. The maximum absolute atomic E-state index is 12.6. The smallest absolute Gasteiger partial charge is 0.295 e. The number of para-hydroxylation sites is 2. The molecule has 0 bridgehead atoms. The van der Waals surface area contributed by atoms with E-state index >= 15 is 0 Å². The quantitative estimate of drug-likeness (QED) is 0.0260. The molecule has 0 saturated carbocycles. The van der Waals surface area contributed by atoms with Crippen molar-refractivity contribution in [2.75, 3.05) is 27.8 Å². The second-order valence-electron chi connectivity index (χ2n) is 36.9. The monoisotopic (exact) mass is 1640 g/mol. The van der Waals surface area contributed by atoms with Gasteiger partial charge >= 0.3 is 0 Å². The molecule has 3 heterocycles. The molecule has 23 heteroatoms. The van der Waals surface area contributed by atoms with E-state index in [1.807, 2.05) is 148 Å². The Bertz CT molecular complexity index is 4230. The number of pyridine rings is 1. The average Bonchev–Trinajstić information content (AvgIpc) is 1.75. The minimum absolute atomic E-state index is 0.00870. The number of aryl methyl sites for hydroxylation is 1. The molecular weight excluding hydrogens is 1500 g/mol. The molecule has 0 atom stereocenters. The maximum Gasteiger partial charge on any atom is 0.295 e. The van der Waals surface area contributed by atoms with Crippen LogP contribution in [0.15, 0.2) is 199 Å². The molecule has 0 unspecified atom stereocenters. The van der Waals surface area contributed by atoms with Crippen LogP contribution >= 0.6 is 0 Å². The predicted molar refractivity (Wildman–Crippen MR) is 483 cm³/mol. The second-order valence-corrected chi connectivity index (χ2v) is 36.9. The summed E-state index contributed by atoms with van der Waals surface area (Å²) in [6.07, 6.45) is 12.7. The molecule has 6 aromatic carbocycles. The topological polar surface area (TPSA) is 312 Å². The van der Waals surface area contributed by atoms with Gasteiger partial charge in [-0.15, -0.1) is 0 Å². The zero-order valence-corrected chi connectivity index (χ0v) is 75.3. The zero-order chi connectivity index (χ0) is 89.9. The van der Waals surface area contributed by atoms with Gasteiger partial charge in [-0.25, -0.2) is 14.4 Å². The minimum Gasteiger partial charge on any atom is -0.424 e. The van der Waals surface area contributed by atoms with Crippen molar-refractivity contribution in [1.29, 1.82) is 0 Å². The van der Waals surface area contributed by atoms with Gasteiger partial charge in [0.25, 0.3) is 29.4 Å². The van der Waals surface area contributed by atoms with Crippen LogP contribution in [0, 0.1) is 49.9 Å². The lowest BCUT2D eigenvalue weighted by Crippen LogP contribution is -2.30. The molecule has 0 aliphatic heterocycles. The normalized spacial score (nSPS) is 11.1. The number of anilines is 4. The van der Waals surface area contributed by atoms with Crippen LogP contribution in [0.3, 0.4) is 0 Å². The fourth-order valence-electron chi connectivity index (χ4n) is 9.81. The van der Waals surface area contributed by atoms with Crippen molar-refractivity contribution in [1.82, 2.24) is 35.9 Å². The Kier molecular flexibility index (Phi) is 44.5. The number of hydrogen-bond acceptors (Lipinski definition) is 15. The van der Waals surface area contributed by atoms with E-state index in [2.05, 4.69) is 173 Å². The lowest BCUT2D eigenvalue weighted by atomic mass is 9.87. The van der Waals surface area contributed by atoms with E-state index in [0.29, 0.717) is 60.5 Å². The van der Waals surface area contributed by atoms with Gasteiger partial charge in [-0.3, -0.25) is 48.7 Å². The summed E-state index contributed by atoms with van der Waals surface area (Å²) in [6.45, 7) is 52.7. The van der Waals surface area contributed by atoms with E-state index in [0.717, 1.165) is 53.8 Å². The fraction of sp³-hybridized carbons (Fsp3) is 0.448. The Morgan fingerprint density at radius 1 is 0.454 bits per heavy atom. The number of hydrogen-bond donors (Lipinski definition) is 7. The summed E-state index contributed by atoms with van der Waals surface area (Å²) in [7, 11) is 0. The molecule has 3 aromatic heterocycles. The summed E-state index contributed by atoms with van der Waals surface area (Å²) in [5, 5.41) is 30.6. The number of amides is 6. The number of carbonyl (C=O) groups excluding carboxylic acids is 7. The molecule has 9 rings (SSSR count). The summed E-state index contributed by atoms with van der Waals surface area (Å²) < 4.78 is 18.2. The van der Waals surface area contributed by atoms with Crippen molar-refractivity contribution in [2.24, 2.45) is 27.1 Å². The van der Waals surface area contributed by atoms with Gasteiger partial charge in [0.1, 0.15) is 23.4 Å². The first-order valence-electron chi connectivity index (χ1n) is 40.5. The van der Waals surface area contributed by atoms with Gasteiger partial charge < -0.3 is 41.6 Å². The van der Waals surface area contributed by atoms with Gasteiger partial charge in [-0.05, 0) is 196 Å². The SMILES string of the molecule is CC(C)(C)CC(=O)Cc1ccc([N+](=O)[O-])cc1.CC(C)(C)CCC(=O)Nc1ccc(C(C)(C)C)cc1.CC(C)(C)CCC(=O)Nc1ccc(F)cc1.CC(C)(C)CNc1nc2ccccc2o1.CC(C)NC(=O)c1ccccc1.CC(C)NC(=O)c1cccnc1.CC(C)NC(=O)c1cncnc1.Cc1ccc(NC(=O)CCC(C)(C)C)cc1. The van der Waals surface area contributed by atoms with E-state index in [1.165, 1.54) is 54.1 Å². The van der Waals surface area contributed by atoms with Crippen molar-refractivity contribution in [3.63, 3.8) is 0 Å². The van der Waals surface area contributed by atoms with Gasteiger partial charge in [-0.2, -0.15) is 4.98 Å². The Morgan fingerprint density at radius 3 is 1.25 bits per heavy atom. The van der Waals surface area contributed by atoms with Crippen molar-refractivity contribution < 1.29 is 47.3 Å². The summed E-state index contributed by atoms with van der Waals surface area (Å²) in [5.41, 5.74) is 10.2. The van der Waals surface area contributed by atoms with Crippen LogP contribution in [0.25, 0.3) is 11.1 Å². The van der Waals surface area contributed by atoms with Crippen LogP contribution < -0.4 is 37.2 Å². The number of nitrogens with zero attached hydrogens (tertiary/aromatic N) is 5. The summed E-state index contributed by atoms with van der Waals surface area (Å²) in [4.78, 5) is 106. The molecule has 22 nitrogen and oxygen atoms in total. The van der Waals surface area contributed by atoms with E-state index in [4.69, 9.17) is 4.42 Å². The van der Waals surface area contributed by atoms with E-state index in [9.17, 15) is 48.1 Å². The van der Waals surface area contributed by atoms with E-state index in [-0.39, 0.29) is 103 Å². The number of benzene rings is 6. The first kappa shape index (κ1) is 104. The number of aromatic nitrogens is 4. The van der Waals surface area contributed by atoms with Gasteiger partial charge in [0.05, 0.1) is 16.1 Å². The molecular formula is C96H135FN12O10. The Labute approximate surface area is 707 Å². The average molecular weight is 1640 g/mol. The molecule has 6 amide bonds. The van der Waals surface area contributed by atoms with Gasteiger partial charge in [-0.1, -0.05) is 197 Å². The van der Waals surface area contributed by atoms with Gasteiger partial charge in [0.2, 0.25) is 17.7 Å². The standard InChI is InChI=1S/C17H27NO.C14H21NO.C13H18FNO.C13H17NO3.C12H16N2O.C10H13NO.C9H12N2O.C8H11N3O/c1-16(2,3)12-11-15(19)18-14-9-7-13(8-10-14)17(4,5)6;1-11-5-7-12(8-6-11)15-13(16)9-10-14(2,3)4;1-13(2,3)9-8-12(16)15-11-6-4-10(14)5-7-11;1-13(2,3)9-12(15)8-10-4-6-11(7-5-10)14(16)17;1-12(2,3)8-13-11-14-9-6-4-5-7-10(9)15-11;1-8(2)11-10(12)9-6-4-3-5-7-9;1-7(2)11-9(12)8-4-3-5-10-6-8;1-6(2)11-8(12)7-3-9-5-10-4-7/h7-10H,11-12H2,1-6H3,(H,18,19);5-8H,9-10H2,1-4H3,(H,15,16);4-7H,8-9H2,1-3H3,(H,15,16);4-7H,8-9H2,1-3H3;4-7H,8H2,1-3H3,(H,13,14);3-8H,1-2H3,(H,11,12);3-7H,1-2H3,(H,11,12);3-6H,1-2H3,(H,11,12). The summed E-state index contributed by atoms with van der Waals surface area (Å²) >= 11 is 0. The highest BCUT2D eigenvalue weighted by atomic mass is 19.1. The van der Waals surface area contributed by atoms with E-state index < -0.39 is 4.92 Å². The number of non-ortho nitro benzene ring substituents is 1. The number of oxazole rings is 1. The molecule has 0 fully saturated rings. The maximum atomic E-state index is 12.6. The highest BCUT2D eigenvalue weighted by Crippen LogP contribution is 2.27. The third-order valence-electron chi connectivity index (χ3n) is 16.2. The van der Waals surface area contributed by atoms with Crippen molar-refractivity contribution in [2.45, 2.75) is 248 Å². The highest BCUT2D eigenvalue weighted by molar-refractivity contribution is 5.95. The largest absolute Gasteiger partial charge is 0.424 e. The molecule has 9 aromatic rings. The lowest BCUT2D eigenvalue weighted by molar-refractivity contribution is -0.384. The molecule has 119 heavy (non-hydrogen) atoms. The van der Waals surface area contributed by atoms with Crippen LogP contribution in [-0.4, -0.2) is 90.8 Å². The molecule has 0 spiro atoms. The molecule has 0 aliphatic rings. The molecule has 0 aliphatic carbocycles. The number of fused-ring (bicyclic) bond motifs is 1.